The first kappa shape index (κ1) is 14.7. The summed E-state index contributed by atoms with van der Waals surface area (Å²) in [4.78, 5) is 11.1. The van der Waals surface area contributed by atoms with Crippen LogP contribution in [-0.2, 0) is 26.0 Å². The monoisotopic (exact) mass is 271 g/mol. The Kier molecular flexibility index (Phi) is 5.30. The maximum Gasteiger partial charge on any atom is 0.306 e. The summed E-state index contributed by atoms with van der Waals surface area (Å²) in [6, 6.07) is 6.66. The van der Waals surface area contributed by atoms with Crippen LogP contribution >= 0.6 is 0 Å². The van der Waals surface area contributed by atoms with Crippen molar-refractivity contribution in [3.63, 3.8) is 0 Å². The second-order valence-electron chi connectivity index (χ2n) is 3.72. The van der Waals surface area contributed by atoms with Crippen LogP contribution < -0.4 is 4.72 Å². The number of carbonyl (C=O) groups is 1. The van der Waals surface area contributed by atoms with E-state index in [0.717, 1.165) is 12.0 Å². The van der Waals surface area contributed by atoms with Crippen LogP contribution in [0.15, 0.2) is 29.2 Å². The number of benzene rings is 1. The summed E-state index contributed by atoms with van der Waals surface area (Å²) < 4.78 is 30.5. The van der Waals surface area contributed by atoms with Gasteiger partial charge in [0.05, 0.1) is 18.4 Å². The van der Waals surface area contributed by atoms with Gasteiger partial charge in [-0.05, 0) is 24.1 Å². The molecule has 0 radical (unpaired) electrons. The number of hydrogen-bond acceptors (Lipinski definition) is 4. The summed E-state index contributed by atoms with van der Waals surface area (Å²) in [5.41, 5.74) is 1.07. The van der Waals surface area contributed by atoms with E-state index in [2.05, 4.69) is 9.46 Å². The van der Waals surface area contributed by atoms with E-state index < -0.39 is 16.0 Å². The van der Waals surface area contributed by atoms with Gasteiger partial charge in [-0.1, -0.05) is 19.1 Å². The smallest absolute Gasteiger partial charge is 0.306 e. The summed E-state index contributed by atoms with van der Waals surface area (Å²) in [5, 5.41) is 0. The molecule has 0 aliphatic carbocycles. The molecule has 5 nitrogen and oxygen atoms in total. The van der Waals surface area contributed by atoms with Crippen molar-refractivity contribution in [2.75, 3.05) is 13.7 Å². The van der Waals surface area contributed by atoms with Gasteiger partial charge in [0.2, 0.25) is 10.0 Å². The number of sulfonamides is 1. The quantitative estimate of drug-likeness (QED) is 0.786. The van der Waals surface area contributed by atoms with E-state index >= 15 is 0 Å². The SMILES string of the molecule is CCc1ccc(S(=O)(=O)NCCC(=O)OC)cc1. The summed E-state index contributed by atoms with van der Waals surface area (Å²) >= 11 is 0. The van der Waals surface area contributed by atoms with Gasteiger partial charge < -0.3 is 4.74 Å². The minimum atomic E-state index is -3.55. The molecule has 0 amide bonds. The molecule has 100 valence electrons. The molecule has 1 N–H and O–H groups in total. The Bertz CT molecular complexity index is 493. The van der Waals surface area contributed by atoms with Gasteiger partial charge in [-0.3, -0.25) is 4.79 Å². The first-order valence-electron chi connectivity index (χ1n) is 5.65. The molecule has 0 spiro atoms. The van der Waals surface area contributed by atoms with Crippen molar-refractivity contribution in [1.82, 2.24) is 4.72 Å². The van der Waals surface area contributed by atoms with E-state index in [-0.39, 0.29) is 17.9 Å². The van der Waals surface area contributed by atoms with Crippen molar-refractivity contribution in [2.45, 2.75) is 24.7 Å². The number of aryl methyl sites for hydroxylation is 1. The number of hydrogen-bond donors (Lipinski definition) is 1. The molecule has 0 atom stereocenters. The number of ether oxygens (including phenoxy) is 1. The summed E-state index contributed by atoms with van der Waals surface area (Å²) in [7, 11) is -2.28. The third-order valence-corrected chi connectivity index (χ3v) is 3.97. The molecule has 0 aromatic heterocycles. The normalized spacial score (nSPS) is 11.2. The molecule has 0 aliphatic rings. The lowest BCUT2D eigenvalue weighted by atomic mass is 10.2. The highest BCUT2D eigenvalue weighted by molar-refractivity contribution is 7.89. The molecule has 0 aliphatic heterocycles. The Morgan fingerprint density at radius 2 is 1.89 bits per heavy atom. The fourth-order valence-corrected chi connectivity index (χ4v) is 2.41. The fourth-order valence-electron chi connectivity index (χ4n) is 1.38. The Hall–Kier alpha value is -1.40. The van der Waals surface area contributed by atoms with E-state index in [1.165, 1.54) is 7.11 Å². The topological polar surface area (TPSA) is 72.5 Å². The number of rotatable bonds is 6. The fraction of sp³-hybridized carbons (Fsp3) is 0.417. The largest absolute Gasteiger partial charge is 0.469 e. The highest BCUT2D eigenvalue weighted by Gasteiger charge is 2.13. The van der Waals surface area contributed by atoms with E-state index in [4.69, 9.17) is 0 Å². The van der Waals surface area contributed by atoms with E-state index in [9.17, 15) is 13.2 Å². The standard InChI is InChI=1S/C12H17NO4S/c1-3-10-4-6-11(7-5-10)18(15,16)13-9-8-12(14)17-2/h4-7,13H,3,8-9H2,1-2H3. The average Bonchev–Trinajstić information content (AvgIpc) is 2.38. The van der Waals surface area contributed by atoms with Crippen LogP contribution in [0.5, 0.6) is 0 Å². The molecule has 18 heavy (non-hydrogen) atoms. The van der Waals surface area contributed by atoms with Crippen molar-refractivity contribution >= 4 is 16.0 Å². The minimum Gasteiger partial charge on any atom is -0.469 e. The summed E-state index contributed by atoms with van der Waals surface area (Å²) in [5.74, 6) is -0.445. The van der Waals surface area contributed by atoms with Crippen LogP contribution in [0.3, 0.4) is 0 Å². The van der Waals surface area contributed by atoms with Gasteiger partial charge >= 0.3 is 5.97 Å². The Labute approximate surface area is 107 Å². The van der Waals surface area contributed by atoms with Crippen LogP contribution in [0.1, 0.15) is 18.9 Å². The number of nitrogens with one attached hydrogen (secondary N) is 1. The van der Waals surface area contributed by atoms with Gasteiger partial charge in [-0.25, -0.2) is 13.1 Å². The third-order valence-electron chi connectivity index (χ3n) is 2.49. The Morgan fingerprint density at radius 1 is 1.28 bits per heavy atom. The van der Waals surface area contributed by atoms with Crippen molar-refractivity contribution < 1.29 is 17.9 Å². The van der Waals surface area contributed by atoms with Gasteiger partial charge in [-0.2, -0.15) is 0 Å². The lowest BCUT2D eigenvalue weighted by molar-refractivity contribution is -0.140. The van der Waals surface area contributed by atoms with Gasteiger partial charge in [0, 0.05) is 6.54 Å². The highest BCUT2D eigenvalue weighted by atomic mass is 32.2. The molecule has 0 heterocycles. The van der Waals surface area contributed by atoms with Crippen molar-refractivity contribution in [3.8, 4) is 0 Å². The lowest BCUT2D eigenvalue weighted by Crippen LogP contribution is -2.26. The summed E-state index contributed by atoms with van der Waals surface area (Å²) in [6.07, 6.45) is 0.874. The van der Waals surface area contributed by atoms with Crippen LogP contribution in [0, 0.1) is 0 Å². The third kappa shape index (κ3) is 4.12. The van der Waals surface area contributed by atoms with Gasteiger partial charge in [0.1, 0.15) is 0 Å². The first-order valence-corrected chi connectivity index (χ1v) is 7.13. The molecule has 1 aromatic carbocycles. The van der Waals surface area contributed by atoms with Crippen molar-refractivity contribution in [3.05, 3.63) is 29.8 Å². The number of methoxy groups -OCH3 is 1. The van der Waals surface area contributed by atoms with Crippen LogP contribution in [0.2, 0.25) is 0 Å². The number of carbonyl (C=O) groups excluding carboxylic acids is 1. The Balaban J connectivity index is 2.65. The predicted octanol–water partition coefficient (Wildman–Crippen LogP) is 1.09. The maximum absolute atomic E-state index is 11.8. The Morgan fingerprint density at radius 3 is 2.39 bits per heavy atom. The van der Waals surface area contributed by atoms with Crippen molar-refractivity contribution in [2.24, 2.45) is 0 Å². The van der Waals surface area contributed by atoms with Crippen LogP contribution in [0.25, 0.3) is 0 Å². The molecule has 0 unspecified atom stereocenters. The molecule has 0 saturated heterocycles. The molecular formula is C12H17NO4S. The van der Waals surface area contributed by atoms with Crippen molar-refractivity contribution in [1.29, 1.82) is 0 Å². The molecule has 1 rings (SSSR count). The molecule has 6 heteroatoms. The van der Waals surface area contributed by atoms with Gasteiger partial charge in [0.25, 0.3) is 0 Å². The molecule has 0 saturated carbocycles. The zero-order valence-corrected chi connectivity index (χ0v) is 11.3. The maximum atomic E-state index is 11.8. The van der Waals surface area contributed by atoms with Crippen LogP contribution in [0.4, 0.5) is 0 Å². The first-order chi connectivity index (χ1) is 8.49. The second-order valence-corrected chi connectivity index (χ2v) is 5.49. The summed E-state index contributed by atoms with van der Waals surface area (Å²) in [6.45, 7) is 2.03. The highest BCUT2D eigenvalue weighted by Crippen LogP contribution is 2.10. The molecular weight excluding hydrogens is 254 g/mol. The zero-order valence-electron chi connectivity index (χ0n) is 10.5. The van der Waals surface area contributed by atoms with Gasteiger partial charge in [0.15, 0.2) is 0 Å². The predicted molar refractivity (Wildman–Crippen MR) is 67.6 cm³/mol. The van der Waals surface area contributed by atoms with E-state index in [1.807, 2.05) is 6.92 Å². The van der Waals surface area contributed by atoms with E-state index in [0.29, 0.717) is 0 Å². The minimum absolute atomic E-state index is 0.0166. The lowest BCUT2D eigenvalue weighted by Gasteiger charge is -2.06. The van der Waals surface area contributed by atoms with Crippen LogP contribution in [-0.4, -0.2) is 28.0 Å². The van der Waals surface area contributed by atoms with E-state index in [1.54, 1.807) is 24.3 Å². The zero-order chi connectivity index (χ0) is 13.6. The average molecular weight is 271 g/mol. The second kappa shape index (κ2) is 6.51. The molecule has 0 fully saturated rings. The van der Waals surface area contributed by atoms with Gasteiger partial charge in [-0.15, -0.1) is 0 Å². The molecule has 1 aromatic rings. The molecule has 0 bridgehead atoms. The number of esters is 1.